The quantitative estimate of drug-likeness (QED) is 0.801. The van der Waals surface area contributed by atoms with E-state index in [1.807, 2.05) is 0 Å². The molecule has 0 bridgehead atoms. The van der Waals surface area contributed by atoms with Crippen molar-refractivity contribution in [2.75, 3.05) is 6.54 Å². The SMILES string of the molecule is CC1(C)CC(N2CCC[Si]2(c2ccccc2)c2ccccc2)CC(C)(C)N1O. The fraction of sp³-hybridized carbons (Fsp3) is 0.500. The first-order chi connectivity index (χ1) is 13.3. The molecule has 4 rings (SSSR count). The summed E-state index contributed by atoms with van der Waals surface area (Å²) < 4.78 is 2.90. The van der Waals surface area contributed by atoms with Gasteiger partial charge in [-0.1, -0.05) is 60.7 Å². The molecule has 1 N–H and O–H groups in total. The Morgan fingerprint density at radius 1 is 0.821 bits per heavy atom. The Kier molecular flexibility index (Phi) is 5.03. The number of hydroxylamine groups is 2. The van der Waals surface area contributed by atoms with Crippen LogP contribution in [0.25, 0.3) is 0 Å². The van der Waals surface area contributed by atoms with Gasteiger partial charge in [-0.25, -0.2) is 0 Å². The van der Waals surface area contributed by atoms with Gasteiger partial charge in [-0.05, 0) is 69.9 Å². The highest BCUT2D eigenvalue weighted by atomic mass is 28.3. The molecule has 0 saturated carbocycles. The molecular formula is C24H34N2OSi. The molecule has 0 spiro atoms. The highest BCUT2D eigenvalue weighted by Crippen LogP contribution is 2.42. The number of hydrogen-bond donors (Lipinski definition) is 1. The minimum absolute atomic E-state index is 0.220. The Morgan fingerprint density at radius 3 is 1.75 bits per heavy atom. The van der Waals surface area contributed by atoms with Crippen molar-refractivity contribution in [3.8, 4) is 0 Å². The first-order valence-corrected chi connectivity index (χ1v) is 12.8. The molecule has 4 heteroatoms. The molecule has 2 aliphatic rings. The molecule has 0 unspecified atom stereocenters. The Balaban J connectivity index is 1.82. The van der Waals surface area contributed by atoms with E-state index in [2.05, 4.69) is 92.9 Å². The summed E-state index contributed by atoms with van der Waals surface area (Å²) >= 11 is 0. The van der Waals surface area contributed by atoms with Gasteiger partial charge in [-0.3, -0.25) is 0 Å². The monoisotopic (exact) mass is 394 g/mol. The van der Waals surface area contributed by atoms with Crippen LogP contribution >= 0.6 is 0 Å². The first-order valence-electron chi connectivity index (χ1n) is 10.6. The molecule has 150 valence electrons. The van der Waals surface area contributed by atoms with E-state index in [0.717, 1.165) is 19.4 Å². The molecule has 2 fully saturated rings. The van der Waals surface area contributed by atoms with Gasteiger partial charge in [-0.2, -0.15) is 5.06 Å². The number of rotatable bonds is 3. The molecule has 0 aliphatic carbocycles. The summed E-state index contributed by atoms with van der Waals surface area (Å²) in [6, 6.07) is 24.3. The predicted molar refractivity (Wildman–Crippen MR) is 119 cm³/mol. The van der Waals surface area contributed by atoms with Crippen LogP contribution in [0.4, 0.5) is 0 Å². The van der Waals surface area contributed by atoms with Crippen molar-refractivity contribution >= 4 is 18.6 Å². The zero-order valence-electron chi connectivity index (χ0n) is 17.7. The lowest BCUT2D eigenvalue weighted by atomic mass is 9.79. The van der Waals surface area contributed by atoms with Gasteiger partial charge in [0, 0.05) is 17.1 Å². The maximum Gasteiger partial charge on any atom is 0.192 e. The third-order valence-electron chi connectivity index (χ3n) is 6.99. The Bertz CT molecular complexity index is 748. The standard InChI is InChI=1S/C24H34N2OSi/c1-23(2)18-20(19-24(3,4)26(23)27)25-16-11-17-28(25,21-12-7-5-8-13-21)22-14-9-6-10-15-22/h5-10,12-15,20,27H,11,16-19H2,1-4H3. The van der Waals surface area contributed by atoms with Crippen molar-refractivity contribution in [1.82, 2.24) is 9.63 Å². The molecule has 2 heterocycles. The molecule has 28 heavy (non-hydrogen) atoms. The fourth-order valence-corrected chi connectivity index (χ4v) is 11.4. The van der Waals surface area contributed by atoms with E-state index in [4.69, 9.17) is 0 Å². The largest absolute Gasteiger partial charge is 0.314 e. The molecule has 0 aromatic heterocycles. The van der Waals surface area contributed by atoms with Crippen LogP contribution in [0, 0.1) is 0 Å². The van der Waals surface area contributed by atoms with Crippen LogP contribution in [0.1, 0.15) is 47.0 Å². The van der Waals surface area contributed by atoms with Crippen LogP contribution in [0.2, 0.25) is 6.04 Å². The Hall–Kier alpha value is -1.46. The number of hydrogen-bond acceptors (Lipinski definition) is 3. The summed E-state index contributed by atoms with van der Waals surface area (Å²) in [7, 11) is -2.02. The average Bonchev–Trinajstić information content (AvgIpc) is 3.13. The van der Waals surface area contributed by atoms with Crippen LogP contribution in [0.3, 0.4) is 0 Å². The van der Waals surface area contributed by atoms with Crippen LogP contribution in [-0.4, -0.2) is 46.7 Å². The van der Waals surface area contributed by atoms with Gasteiger partial charge < -0.3 is 9.77 Å². The third kappa shape index (κ3) is 3.16. The van der Waals surface area contributed by atoms with Gasteiger partial charge >= 0.3 is 0 Å². The van der Waals surface area contributed by atoms with E-state index in [0.29, 0.717) is 6.04 Å². The summed E-state index contributed by atoms with van der Waals surface area (Å²) in [5, 5.41) is 15.5. The van der Waals surface area contributed by atoms with E-state index in [1.165, 1.54) is 22.8 Å². The highest BCUT2D eigenvalue weighted by Gasteiger charge is 2.54. The lowest BCUT2D eigenvalue weighted by Crippen LogP contribution is -2.72. The normalized spacial score (nSPS) is 25.0. The van der Waals surface area contributed by atoms with Crippen LogP contribution < -0.4 is 10.4 Å². The van der Waals surface area contributed by atoms with Gasteiger partial charge in [0.1, 0.15) is 0 Å². The Labute approximate surface area is 171 Å². The van der Waals surface area contributed by atoms with E-state index >= 15 is 0 Å². The van der Waals surface area contributed by atoms with Crippen molar-refractivity contribution < 1.29 is 5.21 Å². The summed E-state index contributed by atoms with van der Waals surface area (Å²) in [6.07, 6.45) is 3.26. The van der Waals surface area contributed by atoms with E-state index < -0.39 is 8.24 Å². The lowest BCUT2D eigenvalue weighted by Gasteiger charge is -2.55. The Morgan fingerprint density at radius 2 is 1.29 bits per heavy atom. The van der Waals surface area contributed by atoms with Gasteiger partial charge in [0.2, 0.25) is 0 Å². The summed E-state index contributed by atoms with van der Waals surface area (Å²) in [5.41, 5.74) is -0.439. The summed E-state index contributed by atoms with van der Waals surface area (Å²) in [6.45, 7) is 9.91. The summed E-state index contributed by atoms with van der Waals surface area (Å²) in [4.78, 5) is 0. The van der Waals surface area contributed by atoms with Crippen molar-refractivity contribution in [1.29, 1.82) is 0 Å². The first kappa shape index (κ1) is 19.8. The average molecular weight is 395 g/mol. The molecule has 0 atom stereocenters. The number of nitrogens with zero attached hydrogens (tertiary/aromatic N) is 2. The second-order valence-corrected chi connectivity index (χ2v) is 13.8. The maximum atomic E-state index is 10.8. The zero-order chi connectivity index (χ0) is 20.0. The lowest BCUT2D eigenvalue weighted by molar-refractivity contribution is -0.249. The number of benzene rings is 2. The number of piperidine rings is 1. The zero-order valence-corrected chi connectivity index (χ0v) is 18.7. The fourth-order valence-electron chi connectivity index (χ4n) is 5.99. The van der Waals surface area contributed by atoms with E-state index in [-0.39, 0.29) is 11.1 Å². The third-order valence-corrected chi connectivity index (χ3v) is 12.2. The van der Waals surface area contributed by atoms with Gasteiger partial charge in [0.05, 0.1) is 0 Å². The minimum atomic E-state index is -2.02. The molecule has 2 saturated heterocycles. The van der Waals surface area contributed by atoms with E-state index in [9.17, 15) is 5.21 Å². The molecule has 2 aliphatic heterocycles. The molecule has 2 aromatic rings. The smallest absolute Gasteiger partial charge is 0.192 e. The minimum Gasteiger partial charge on any atom is -0.314 e. The second-order valence-electron chi connectivity index (χ2n) is 9.89. The predicted octanol–water partition coefficient (Wildman–Crippen LogP) is 3.86. The van der Waals surface area contributed by atoms with Crippen molar-refractivity contribution in [2.24, 2.45) is 0 Å². The van der Waals surface area contributed by atoms with Gasteiger partial charge in [-0.15, -0.1) is 0 Å². The van der Waals surface area contributed by atoms with Crippen LogP contribution in [-0.2, 0) is 0 Å². The molecule has 0 radical (unpaired) electrons. The van der Waals surface area contributed by atoms with Gasteiger partial charge in [0.25, 0.3) is 0 Å². The van der Waals surface area contributed by atoms with Crippen LogP contribution in [0.5, 0.6) is 0 Å². The van der Waals surface area contributed by atoms with Crippen LogP contribution in [0.15, 0.2) is 60.7 Å². The molecule has 2 aromatic carbocycles. The molecular weight excluding hydrogens is 360 g/mol. The van der Waals surface area contributed by atoms with Crippen molar-refractivity contribution in [3.05, 3.63) is 60.7 Å². The van der Waals surface area contributed by atoms with Crippen molar-refractivity contribution in [2.45, 2.75) is 70.1 Å². The topological polar surface area (TPSA) is 26.7 Å². The summed E-state index contributed by atoms with van der Waals surface area (Å²) in [5.74, 6) is 0. The highest BCUT2D eigenvalue weighted by molar-refractivity contribution is 7.00. The van der Waals surface area contributed by atoms with Crippen molar-refractivity contribution in [3.63, 3.8) is 0 Å². The maximum absolute atomic E-state index is 10.8. The van der Waals surface area contributed by atoms with Gasteiger partial charge in [0.15, 0.2) is 8.24 Å². The molecule has 3 nitrogen and oxygen atoms in total. The second kappa shape index (κ2) is 7.10. The van der Waals surface area contributed by atoms with E-state index in [1.54, 1.807) is 5.06 Å². The molecule has 0 amide bonds.